The molecule has 142 valence electrons. The molecule has 0 fully saturated rings. The number of aromatic nitrogens is 3. The van der Waals surface area contributed by atoms with E-state index in [-0.39, 0.29) is 11.7 Å². The Bertz CT molecular complexity index is 983. The highest BCUT2D eigenvalue weighted by molar-refractivity contribution is 6.07. The Morgan fingerprint density at radius 3 is 2.63 bits per heavy atom. The number of fused-ring (bicyclic) bond motifs is 1. The number of benzene rings is 1. The van der Waals surface area contributed by atoms with Crippen LogP contribution in [0, 0.1) is 13.8 Å². The summed E-state index contributed by atoms with van der Waals surface area (Å²) in [6.45, 7) is 8.77. The van der Waals surface area contributed by atoms with E-state index in [1.54, 1.807) is 13.1 Å². The number of amides is 1. The third kappa shape index (κ3) is 3.94. The number of nitrogens with one attached hydrogen (secondary N) is 1. The first-order chi connectivity index (χ1) is 12.9. The van der Waals surface area contributed by atoms with Crippen molar-refractivity contribution in [1.82, 2.24) is 19.7 Å². The van der Waals surface area contributed by atoms with Gasteiger partial charge in [0.2, 0.25) is 5.91 Å². The lowest BCUT2D eigenvalue weighted by molar-refractivity contribution is -0.123. The molecule has 1 N–H and O–H groups in total. The summed E-state index contributed by atoms with van der Waals surface area (Å²) in [5.74, 6) is -0.0540. The second-order valence-electron chi connectivity index (χ2n) is 6.99. The highest BCUT2D eigenvalue weighted by Crippen LogP contribution is 2.25. The number of Topliss-reactive ketones (excluding diaryl/α,β-unsaturated/α-hetero) is 1. The SMILES string of the molecule is CC(=O)c1cn(C(C)C(=O)NCCCn2nc(C)cc2C)c2ccccc12. The van der Waals surface area contributed by atoms with Crippen LogP contribution in [0.5, 0.6) is 0 Å². The van der Waals surface area contributed by atoms with E-state index in [1.807, 2.05) is 60.4 Å². The molecule has 3 aromatic rings. The average Bonchev–Trinajstić information content (AvgIpc) is 3.17. The Kier molecular flexibility index (Phi) is 5.44. The van der Waals surface area contributed by atoms with Crippen LogP contribution in [0.3, 0.4) is 0 Å². The van der Waals surface area contributed by atoms with E-state index in [9.17, 15) is 9.59 Å². The van der Waals surface area contributed by atoms with Crippen molar-refractivity contribution in [3.63, 3.8) is 0 Å². The van der Waals surface area contributed by atoms with E-state index >= 15 is 0 Å². The van der Waals surface area contributed by atoms with Crippen LogP contribution in [-0.2, 0) is 11.3 Å². The highest BCUT2D eigenvalue weighted by atomic mass is 16.2. The van der Waals surface area contributed by atoms with Gasteiger partial charge in [-0.2, -0.15) is 5.10 Å². The standard InChI is InChI=1S/C21H26N4O2/c1-14-12-15(2)25(23-14)11-7-10-22-21(27)16(3)24-13-19(17(4)26)18-8-5-6-9-20(18)24/h5-6,8-9,12-13,16H,7,10-11H2,1-4H3,(H,22,27). The van der Waals surface area contributed by atoms with Gasteiger partial charge in [-0.1, -0.05) is 18.2 Å². The van der Waals surface area contributed by atoms with E-state index in [4.69, 9.17) is 0 Å². The van der Waals surface area contributed by atoms with Gasteiger partial charge in [-0.05, 0) is 46.2 Å². The van der Waals surface area contributed by atoms with Crippen molar-refractivity contribution in [1.29, 1.82) is 0 Å². The van der Waals surface area contributed by atoms with Gasteiger partial charge in [-0.3, -0.25) is 14.3 Å². The van der Waals surface area contributed by atoms with E-state index < -0.39 is 6.04 Å². The molecule has 0 saturated carbocycles. The summed E-state index contributed by atoms with van der Waals surface area (Å²) < 4.78 is 3.84. The van der Waals surface area contributed by atoms with Crippen LogP contribution in [0.1, 0.15) is 48.1 Å². The topological polar surface area (TPSA) is 68.9 Å². The third-order valence-corrected chi connectivity index (χ3v) is 4.87. The summed E-state index contributed by atoms with van der Waals surface area (Å²) in [6.07, 6.45) is 2.60. The maximum absolute atomic E-state index is 12.6. The third-order valence-electron chi connectivity index (χ3n) is 4.87. The minimum absolute atomic E-state index is 0.00226. The van der Waals surface area contributed by atoms with Crippen molar-refractivity contribution in [3.05, 3.63) is 53.5 Å². The summed E-state index contributed by atoms with van der Waals surface area (Å²) in [5.41, 5.74) is 3.68. The van der Waals surface area contributed by atoms with Gasteiger partial charge in [0.15, 0.2) is 5.78 Å². The lowest BCUT2D eigenvalue weighted by Gasteiger charge is -2.15. The van der Waals surface area contributed by atoms with Crippen molar-refractivity contribution in [3.8, 4) is 0 Å². The number of rotatable bonds is 7. The number of ketones is 1. The van der Waals surface area contributed by atoms with Gasteiger partial charge in [0.05, 0.1) is 5.69 Å². The molecule has 2 aromatic heterocycles. The predicted octanol–water partition coefficient (Wildman–Crippen LogP) is 3.42. The van der Waals surface area contributed by atoms with E-state index in [0.29, 0.717) is 12.1 Å². The molecule has 6 nitrogen and oxygen atoms in total. The number of hydrogen-bond acceptors (Lipinski definition) is 3. The molecule has 1 aromatic carbocycles. The summed E-state index contributed by atoms with van der Waals surface area (Å²) in [6, 6.07) is 9.34. The molecule has 0 aliphatic rings. The summed E-state index contributed by atoms with van der Waals surface area (Å²) in [7, 11) is 0. The normalized spacial score (nSPS) is 12.3. The molecule has 0 aliphatic heterocycles. The predicted molar refractivity (Wildman–Crippen MR) is 106 cm³/mol. The van der Waals surface area contributed by atoms with Crippen molar-refractivity contribution >= 4 is 22.6 Å². The zero-order valence-corrected chi connectivity index (χ0v) is 16.3. The van der Waals surface area contributed by atoms with Gasteiger partial charge in [0.1, 0.15) is 6.04 Å². The van der Waals surface area contributed by atoms with Crippen LogP contribution in [0.25, 0.3) is 10.9 Å². The molecule has 1 unspecified atom stereocenters. The van der Waals surface area contributed by atoms with Crippen LogP contribution in [0.4, 0.5) is 0 Å². The smallest absolute Gasteiger partial charge is 0.242 e. The lowest BCUT2D eigenvalue weighted by Crippen LogP contribution is -2.32. The molecule has 2 heterocycles. The fourth-order valence-corrected chi connectivity index (χ4v) is 3.42. The zero-order chi connectivity index (χ0) is 19.6. The first-order valence-corrected chi connectivity index (χ1v) is 9.27. The second kappa shape index (κ2) is 7.78. The Morgan fingerprint density at radius 2 is 1.96 bits per heavy atom. The molecule has 0 aliphatic carbocycles. The number of carbonyl (C=O) groups is 2. The molecule has 0 bridgehead atoms. The van der Waals surface area contributed by atoms with E-state index in [1.165, 1.54) is 0 Å². The first kappa shape index (κ1) is 18.9. The van der Waals surface area contributed by atoms with E-state index in [0.717, 1.165) is 35.3 Å². The van der Waals surface area contributed by atoms with Crippen LogP contribution in [0.15, 0.2) is 36.5 Å². The maximum Gasteiger partial charge on any atom is 0.242 e. The Hall–Kier alpha value is -2.89. The average molecular weight is 366 g/mol. The van der Waals surface area contributed by atoms with Crippen molar-refractivity contribution in [2.24, 2.45) is 0 Å². The first-order valence-electron chi connectivity index (χ1n) is 9.27. The number of para-hydroxylation sites is 1. The molecule has 0 radical (unpaired) electrons. The molecule has 27 heavy (non-hydrogen) atoms. The number of nitrogens with zero attached hydrogens (tertiary/aromatic N) is 3. The van der Waals surface area contributed by atoms with Gasteiger partial charge in [-0.15, -0.1) is 0 Å². The fraction of sp³-hybridized carbons (Fsp3) is 0.381. The van der Waals surface area contributed by atoms with E-state index in [2.05, 4.69) is 10.4 Å². The molecule has 3 rings (SSSR count). The molecule has 0 saturated heterocycles. The molecular formula is C21H26N4O2. The van der Waals surface area contributed by atoms with Crippen LogP contribution in [0.2, 0.25) is 0 Å². The van der Waals surface area contributed by atoms with Crippen molar-refractivity contribution in [2.75, 3.05) is 6.54 Å². The minimum atomic E-state index is -0.392. The van der Waals surface area contributed by atoms with Crippen molar-refractivity contribution in [2.45, 2.75) is 46.7 Å². The molecule has 1 atom stereocenters. The summed E-state index contributed by atoms with van der Waals surface area (Å²) in [5, 5.41) is 8.31. The molecule has 1 amide bonds. The Balaban J connectivity index is 1.64. The second-order valence-corrected chi connectivity index (χ2v) is 6.99. The number of carbonyl (C=O) groups excluding carboxylic acids is 2. The monoisotopic (exact) mass is 366 g/mol. The van der Waals surface area contributed by atoms with Crippen LogP contribution in [-0.4, -0.2) is 32.6 Å². The molecule has 6 heteroatoms. The minimum Gasteiger partial charge on any atom is -0.354 e. The number of hydrogen-bond donors (Lipinski definition) is 1. The summed E-state index contributed by atoms with van der Waals surface area (Å²) >= 11 is 0. The van der Waals surface area contributed by atoms with Gasteiger partial charge >= 0.3 is 0 Å². The van der Waals surface area contributed by atoms with Crippen LogP contribution >= 0.6 is 0 Å². The highest BCUT2D eigenvalue weighted by Gasteiger charge is 2.19. The quantitative estimate of drug-likeness (QED) is 0.514. The number of aryl methyl sites for hydroxylation is 3. The van der Waals surface area contributed by atoms with Crippen LogP contribution < -0.4 is 5.32 Å². The van der Waals surface area contributed by atoms with Gasteiger partial charge in [0, 0.05) is 41.4 Å². The molecular weight excluding hydrogens is 340 g/mol. The maximum atomic E-state index is 12.6. The van der Waals surface area contributed by atoms with Gasteiger partial charge < -0.3 is 9.88 Å². The largest absolute Gasteiger partial charge is 0.354 e. The Morgan fingerprint density at radius 1 is 1.22 bits per heavy atom. The summed E-state index contributed by atoms with van der Waals surface area (Å²) in [4.78, 5) is 24.5. The van der Waals surface area contributed by atoms with Gasteiger partial charge in [-0.25, -0.2) is 0 Å². The lowest BCUT2D eigenvalue weighted by atomic mass is 10.1. The van der Waals surface area contributed by atoms with Crippen molar-refractivity contribution < 1.29 is 9.59 Å². The fourth-order valence-electron chi connectivity index (χ4n) is 3.42. The Labute approximate surface area is 159 Å². The molecule has 0 spiro atoms. The zero-order valence-electron chi connectivity index (χ0n) is 16.3. The van der Waals surface area contributed by atoms with Gasteiger partial charge in [0.25, 0.3) is 0 Å².